The standard InChI is InChI=1S/C27H27FN4O6/c1-3-36-22-8-6-5-7-21(22)31-26(34)27(35)32-29-16-18-9-14-23(24(15-18)37-4-2)38-17-25(33)30-20-12-10-19(28)11-13-20/h5-16H,3-4,17H2,1-2H3,(H,30,33)(H,31,34)(H,32,35)/b29-16-. The molecule has 0 radical (unpaired) electrons. The summed E-state index contributed by atoms with van der Waals surface area (Å²) in [6, 6.07) is 16.9. The van der Waals surface area contributed by atoms with Crippen LogP contribution in [0.1, 0.15) is 19.4 Å². The number of nitrogens with one attached hydrogen (secondary N) is 3. The van der Waals surface area contributed by atoms with Crippen molar-refractivity contribution in [3.8, 4) is 17.2 Å². The first-order valence-electron chi connectivity index (χ1n) is 11.7. The quantitative estimate of drug-likeness (QED) is 0.200. The van der Waals surface area contributed by atoms with Crippen LogP contribution in [0.25, 0.3) is 0 Å². The summed E-state index contributed by atoms with van der Waals surface area (Å²) in [5.41, 5.74) is 3.50. The molecule has 0 aliphatic rings. The average Bonchev–Trinajstić information content (AvgIpc) is 2.91. The first kappa shape index (κ1) is 27.7. The normalized spacial score (nSPS) is 10.5. The van der Waals surface area contributed by atoms with E-state index in [4.69, 9.17) is 14.2 Å². The molecule has 38 heavy (non-hydrogen) atoms. The van der Waals surface area contributed by atoms with Crippen LogP contribution in [-0.4, -0.2) is 43.8 Å². The number of nitrogens with zero attached hydrogens (tertiary/aromatic N) is 1. The van der Waals surface area contributed by atoms with E-state index in [1.807, 2.05) is 6.92 Å². The van der Waals surface area contributed by atoms with Gasteiger partial charge in [-0.2, -0.15) is 5.10 Å². The summed E-state index contributed by atoms with van der Waals surface area (Å²) >= 11 is 0. The number of hydrogen-bond donors (Lipinski definition) is 3. The number of carbonyl (C=O) groups excluding carboxylic acids is 3. The predicted molar refractivity (Wildman–Crippen MR) is 140 cm³/mol. The zero-order valence-electron chi connectivity index (χ0n) is 20.8. The van der Waals surface area contributed by atoms with Gasteiger partial charge in [0.1, 0.15) is 11.6 Å². The fourth-order valence-electron chi connectivity index (χ4n) is 3.11. The Bertz CT molecular complexity index is 1300. The van der Waals surface area contributed by atoms with Gasteiger partial charge in [0, 0.05) is 5.69 Å². The van der Waals surface area contributed by atoms with Crippen LogP contribution in [0.3, 0.4) is 0 Å². The smallest absolute Gasteiger partial charge is 0.329 e. The summed E-state index contributed by atoms with van der Waals surface area (Å²) in [4.78, 5) is 36.5. The maximum atomic E-state index is 13.0. The summed E-state index contributed by atoms with van der Waals surface area (Å²) in [6.45, 7) is 4.03. The Hall–Kier alpha value is -4.93. The number of rotatable bonds is 11. The van der Waals surface area contributed by atoms with Crippen LogP contribution < -0.4 is 30.3 Å². The number of halogens is 1. The highest BCUT2D eigenvalue weighted by atomic mass is 19.1. The third kappa shape index (κ3) is 8.33. The lowest BCUT2D eigenvalue weighted by Crippen LogP contribution is -2.32. The van der Waals surface area contributed by atoms with Gasteiger partial charge in [-0.05, 0) is 74.0 Å². The molecule has 11 heteroatoms. The number of hydrogen-bond acceptors (Lipinski definition) is 7. The van der Waals surface area contributed by atoms with E-state index in [9.17, 15) is 18.8 Å². The molecule has 0 saturated carbocycles. The van der Waals surface area contributed by atoms with Crippen LogP contribution in [0.4, 0.5) is 15.8 Å². The molecule has 0 fully saturated rings. The minimum Gasteiger partial charge on any atom is -0.492 e. The fraction of sp³-hybridized carbons (Fsp3) is 0.185. The van der Waals surface area contributed by atoms with Crippen molar-refractivity contribution in [2.45, 2.75) is 13.8 Å². The molecule has 0 heterocycles. The monoisotopic (exact) mass is 522 g/mol. The lowest BCUT2D eigenvalue weighted by Gasteiger charge is -2.12. The van der Waals surface area contributed by atoms with E-state index in [1.165, 1.54) is 30.5 Å². The number of benzene rings is 3. The average molecular weight is 523 g/mol. The molecule has 0 bridgehead atoms. The summed E-state index contributed by atoms with van der Waals surface area (Å²) in [5, 5.41) is 8.90. The molecule has 0 aliphatic heterocycles. The molecule has 0 aliphatic carbocycles. The van der Waals surface area contributed by atoms with E-state index >= 15 is 0 Å². The molecule has 10 nitrogen and oxygen atoms in total. The van der Waals surface area contributed by atoms with E-state index in [0.29, 0.717) is 47.4 Å². The third-order valence-corrected chi connectivity index (χ3v) is 4.78. The highest BCUT2D eigenvalue weighted by Gasteiger charge is 2.15. The maximum Gasteiger partial charge on any atom is 0.329 e. The molecule has 3 rings (SSSR count). The summed E-state index contributed by atoms with van der Waals surface area (Å²) < 4.78 is 29.6. The van der Waals surface area contributed by atoms with Gasteiger partial charge in [-0.1, -0.05) is 12.1 Å². The molecule has 3 amide bonds. The van der Waals surface area contributed by atoms with Gasteiger partial charge in [0.2, 0.25) is 0 Å². The van der Waals surface area contributed by atoms with Crippen molar-refractivity contribution in [1.29, 1.82) is 0 Å². The van der Waals surface area contributed by atoms with Gasteiger partial charge in [0.25, 0.3) is 5.91 Å². The van der Waals surface area contributed by atoms with Crippen LogP contribution in [0, 0.1) is 5.82 Å². The van der Waals surface area contributed by atoms with Gasteiger partial charge in [-0.25, -0.2) is 9.82 Å². The first-order chi connectivity index (χ1) is 18.4. The Morgan fingerprint density at radius 3 is 2.26 bits per heavy atom. The largest absolute Gasteiger partial charge is 0.492 e. The van der Waals surface area contributed by atoms with E-state index in [-0.39, 0.29) is 6.61 Å². The van der Waals surface area contributed by atoms with Crippen molar-refractivity contribution < 1.29 is 33.0 Å². The summed E-state index contributed by atoms with van der Waals surface area (Å²) in [5.74, 6) is -1.61. The van der Waals surface area contributed by atoms with E-state index < -0.39 is 23.5 Å². The zero-order valence-corrected chi connectivity index (χ0v) is 20.8. The Kier molecular flexibility index (Phi) is 10.2. The summed E-state index contributed by atoms with van der Waals surface area (Å²) in [6.07, 6.45) is 1.33. The number of anilines is 2. The van der Waals surface area contributed by atoms with Gasteiger partial charge in [0.05, 0.1) is 25.1 Å². The maximum absolute atomic E-state index is 13.0. The van der Waals surface area contributed by atoms with E-state index in [0.717, 1.165) is 0 Å². The molecule has 0 aromatic heterocycles. The van der Waals surface area contributed by atoms with Gasteiger partial charge in [0.15, 0.2) is 18.1 Å². The minimum atomic E-state index is -0.968. The highest BCUT2D eigenvalue weighted by Crippen LogP contribution is 2.28. The van der Waals surface area contributed by atoms with Gasteiger partial charge < -0.3 is 24.8 Å². The van der Waals surface area contributed by atoms with Crippen LogP contribution >= 0.6 is 0 Å². The highest BCUT2D eigenvalue weighted by molar-refractivity contribution is 6.39. The number of carbonyl (C=O) groups is 3. The van der Waals surface area contributed by atoms with Gasteiger partial charge >= 0.3 is 11.8 Å². The van der Waals surface area contributed by atoms with E-state index in [1.54, 1.807) is 49.4 Å². The number of para-hydroxylation sites is 2. The molecule has 0 saturated heterocycles. The molecule has 3 aromatic carbocycles. The second kappa shape index (κ2) is 14.0. The van der Waals surface area contributed by atoms with Gasteiger partial charge in [-0.3, -0.25) is 14.4 Å². The molecule has 198 valence electrons. The second-order valence-electron chi connectivity index (χ2n) is 7.57. The summed E-state index contributed by atoms with van der Waals surface area (Å²) in [7, 11) is 0. The van der Waals surface area contributed by atoms with Crippen LogP contribution in [0.15, 0.2) is 71.8 Å². The predicted octanol–water partition coefficient (Wildman–Crippen LogP) is 3.73. The second-order valence-corrected chi connectivity index (χ2v) is 7.57. The zero-order chi connectivity index (χ0) is 27.3. The van der Waals surface area contributed by atoms with Gasteiger partial charge in [-0.15, -0.1) is 0 Å². The van der Waals surface area contributed by atoms with Crippen LogP contribution in [-0.2, 0) is 14.4 Å². The van der Waals surface area contributed by atoms with Crippen molar-refractivity contribution in [1.82, 2.24) is 5.43 Å². The molecule has 0 spiro atoms. The lowest BCUT2D eigenvalue weighted by molar-refractivity contribution is -0.136. The van der Waals surface area contributed by atoms with Crippen LogP contribution in [0.5, 0.6) is 17.2 Å². The number of ether oxygens (including phenoxy) is 3. The fourth-order valence-corrected chi connectivity index (χ4v) is 3.11. The lowest BCUT2D eigenvalue weighted by atomic mass is 10.2. The Balaban J connectivity index is 1.56. The Morgan fingerprint density at radius 2 is 1.53 bits per heavy atom. The van der Waals surface area contributed by atoms with Crippen molar-refractivity contribution in [3.05, 3.63) is 78.1 Å². The molecule has 3 N–H and O–H groups in total. The molecular formula is C27H27FN4O6. The Morgan fingerprint density at radius 1 is 0.816 bits per heavy atom. The van der Waals surface area contributed by atoms with Crippen molar-refractivity contribution in [2.24, 2.45) is 5.10 Å². The van der Waals surface area contributed by atoms with Crippen LogP contribution in [0.2, 0.25) is 0 Å². The molecule has 0 unspecified atom stereocenters. The molecule has 3 aromatic rings. The third-order valence-electron chi connectivity index (χ3n) is 4.78. The minimum absolute atomic E-state index is 0.303. The van der Waals surface area contributed by atoms with Crippen molar-refractivity contribution in [2.75, 3.05) is 30.5 Å². The Labute approximate surface area is 218 Å². The van der Waals surface area contributed by atoms with Crippen molar-refractivity contribution in [3.63, 3.8) is 0 Å². The topological polar surface area (TPSA) is 127 Å². The van der Waals surface area contributed by atoms with E-state index in [2.05, 4.69) is 21.2 Å². The van der Waals surface area contributed by atoms with Crippen molar-refractivity contribution >= 4 is 35.3 Å². The molecule has 0 atom stereocenters. The number of hydrazone groups is 1. The molecular weight excluding hydrogens is 495 g/mol. The SMILES string of the molecule is CCOc1ccccc1NC(=O)C(=O)N/N=C\c1ccc(OCC(=O)Nc2ccc(F)cc2)c(OCC)c1. The number of amides is 3. The first-order valence-corrected chi connectivity index (χ1v) is 11.7.